The van der Waals surface area contributed by atoms with Crippen molar-refractivity contribution in [2.45, 2.75) is 37.4 Å². The van der Waals surface area contributed by atoms with Crippen LogP contribution in [-0.2, 0) is 9.53 Å². The molecule has 2 atom stereocenters. The van der Waals surface area contributed by atoms with Crippen LogP contribution in [0.25, 0.3) is 0 Å². The molecule has 2 saturated heterocycles. The van der Waals surface area contributed by atoms with Crippen LogP contribution in [0.4, 0.5) is 0 Å². The molecule has 5 heteroatoms. The van der Waals surface area contributed by atoms with Crippen LogP contribution < -0.4 is 4.74 Å². The number of ether oxygens (including phenoxy) is 2. The van der Waals surface area contributed by atoms with E-state index >= 15 is 0 Å². The molecule has 1 aromatic carbocycles. The van der Waals surface area contributed by atoms with Crippen molar-refractivity contribution >= 4 is 5.91 Å². The third kappa shape index (κ3) is 3.25. The normalized spacial score (nSPS) is 28.0. The molecule has 0 radical (unpaired) electrons. The first-order chi connectivity index (χ1) is 10.7. The van der Waals surface area contributed by atoms with Crippen molar-refractivity contribution in [3.8, 4) is 5.75 Å². The van der Waals surface area contributed by atoms with Crippen LogP contribution in [0.2, 0.25) is 0 Å². The Morgan fingerprint density at radius 1 is 1.36 bits per heavy atom. The van der Waals surface area contributed by atoms with E-state index in [0.29, 0.717) is 26.1 Å². The number of carbonyl (C=O) groups excluding carboxylic acids is 1. The summed E-state index contributed by atoms with van der Waals surface area (Å²) in [5, 5.41) is 10.3. The molecule has 2 aliphatic heterocycles. The molecule has 120 valence electrons. The van der Waals surface area contributed by atoms with E-state index in [0.717, 1.165) is 31.6 Å². The Morgan fingerprint density at radius 3 is 2.86 bits per heavy atom. The monoisotopic (exact) mass is 305 g/mol. The molecule has 0 saturated carbocycles. The molecule has 1 amide bonds. The zero-order valence-electron chi connectivity index (χ0n) is 12.7. The quantitative estimate of drug-likeness (QED) is 0.918. The van der Waals surface area contributed by atoms with Gasteiger partial charge in [-0.25, -0.2) is 0 Å². The molecule has 0 unspecified atom stereocenters. The van der Waals surface area contributed by atoms with Gasteiger partial charge in [-0.2, -0.15) is 0 Å². The highest BCUT2D eigenvalue weighted by Gasteiger charge is 2.46. The van der Waals surface area contributed by atoms with Gasteiger partial charge in [0.25, 0.3) is 0 Å². The minimum atomic E-state index is -0.581. The SMILES string of the molecule is O=C(CCOc1ccccc1)N1CC[C@@]2(CCCO2)[C@@H](O)C1. The number of para-hydroxylation sites is 1. The molecule has 0 aliphatic carbocycles. The second-order valence-corrected chi connectivity index (χ2v) is 6.03. The fraction of sp³-hybridized carbons (Fsp3) is 0.588. The van der Waals surface area contributed by atoms with Crippen molar-refractivity contribution in [3.63, 3.8) is 0 Å². The van der Waals surface area contributed by atoms with Gasteiger partial charge in [0.1, 0.15) is 11.9 Å². The molecule has 0 bridgehead atoms. The Hall–Kier alpha value is -1.59. The van der Waals surface area contributed by atoms with Crippen LogP contribution in [0.3, 0.4) is 0 Å². The number of benzene rings is 1. The zero-order chi connectivity index (χ0) is 15.4. The third-order valence-electron chi connectivity index (χ3n) is 4.62. The molecule has 3 rings (SSSR count). The molecule has 2 fully saturated rings. The second-order valence-electron chi connectivity index (χ2n) is 6.03. The van der Waals surface area contributed by atoms with Gasteiger partial charge in [0.2, 0.25) is 5.91 Å². The molecule has 22 heavy (non-hydrogen) atoms. The van der Waals surface area contributed by atoms with E-state index in [-0.39, 0.29) is 5.91 Å². The summed E-state index contributed by atoms with van der Waals surface area (Å²) in [6.45, 7) is 2.10. The molecule has 2 heterocycles. The van der Waals surface area contributed by atoms with Crippen LogP contribution in [0.15, 0.2) is 30.3 Å². The predicted molar refractivity (Wildman–Crippen MR) is 81.7 cm³/mol. The summed E-state index contributed by atoms with van der Waals surface area (Å²) in [7, 11) is 0. The highest BCUT2D eigenvalue weighted by Crippen LogP contribution is 2.36. The van der Waals surface area contributed by atoms with Crippen LogP contribution in [0.1, 0.15) is 25.7 Å². The Balaban J connectivity index is 1.45. The van der Waals surface area contributed by atoms with Crippen molar-refractivity contribution in [1.82, 2.24) is 4.90 Å². The average molecular weight is 305 g/mol. The molecule has 1 N–H and O–H groups in total. The topological polar surface area (TPSA) is 59.0 Å². The van der Waals surface area contributed by atoms with E-state index in [4.69, 9.17) is 9.47 Å². The summed E-state index contributed by atoms with van der Waals surface area (Å²) in [6, 6.07) is 9.47. The van der Waals surface area contributed by atoms with Gasteiger partial charge in [-0.3, -0.25) is 4.79 Å². The fourth-order valence-electron chi connectivity index (χ4n) is 3.29. The number of likely N-dealkylation sites (tertiary alicyclic amines) is 1. The summed E-state index contributed by atoms with van der Waals surface area (Å²) in [5.74, 6) is 0.801. The number of rotatable bonds is 4. The van der Waals surface area contributed by atoms with E-state index in [9.17, 15) is 9.90 Å². The number of piperidine rings is 1. The summed E-state index contributed by atoms with van der Waals surface area (Å²) < 4.78 is 11.3. The minimum Gasteiger partial charge on any atom is -0.493 e. The standard InChI is InChI=1S/C17H23NO4/c19-15-13-18(10-9-17(15)8-4-11-22-17)16(20)7-12-21-14-5-2-1-3-6-14/h1-3,5-6,15,19H,4,7-13H2/t15-,17-/m0/s1. The lowest BCUT2D eigenvalue weighted by atomic mass is 9.86. The zero-order valence-corrected chi connectivity index (χ0v) is 12.7. The van der Waals surface area contributed by atoms with Crippen molar-refractivity contribution in [3.05, 3.63) is 30.3 Å². The summed E-state index contributed by atoms with van der Waals surface area (Å²) in [4.78, 5) is 14.0. The minimum absolute atomic E-state index is 0.0304. The third-order valence-corrected chi connectivity index (χ3v) is 4.62. The molecule has 0 aromatic heterocycles. The predicted octanol–water partition coefficient (Wildman–Crippen LogP) is 1.60. The Morgan fingerprint density at radius 2 is 2.18 bits per heavy atom. The number of amides is 1. The maximum absolute atomic E-state index is 12.2. The molecular weight excluding hydrogens is 282 g/mol. The Kier molecular flexibility index (Phi) is 4.64. The van der Waals surface area contributed by atoms with E-state index in [1.165, 1.54) is 0 Å². The second kappa shape index (κ2) is 6.67. The summed E-state index contributed by atoms with van der Waals surface area (Å²) in [5.41, 5.74) is -0.405. The largest absolute Gasteiger partial charge is 0.493 e. The van der Waals surface area contributed by atoms with Crippen molar-refractivity contribution in [1.29, 1.82) is 0 Å². The van der Waals surface area contributed by atoms with E-state index in [1.54, 1.807) is 4.90 Å². The lowest BCUT2D eigenvalue weighted by Crippen LogP contribution is -2.56. The number of hydrogen-bond donors (Lipinski definition) is 1. The van der Waals surface area contributed by atoms with E-state index in [1.807, 2.05) is 30.3 Å². The van der Waals surface area contributed by atoms with Gasteiger partial charge < -0.3 is 19.5 Å². The number of hydrogen-bond acceptors (Lipinski definition) is 4. The number of β-amino-alcohol motifs (C(OH)–C–C–N with tert-alkyl or cyclic N) is 1. The highest BCUT2D eigenvalue weighted by atomic mass is 16.5. The lowest BCUT2D eigenvalue weighted by Gasteiger charge is -2.42. The van der Waals surface area contributed by atoms with Gasteiger partial charge in [-0.1, -0.05) is 18.2 Å². The fourth-order valence-corrected chi connectivity index (χ4v) is 3.29. The highest BCUT2D eigenvalue weighted by molar-refractivity contribution is 5.76. The Bertz CT molecular complexity index is 499. The van der Waals surface area contributed by atoms with Gasteiger partial charge in [0.15, 0.2) is 0 Å². The average Bonchev–Trinajstić information content (AvgIpc) is 3.01. The van der Waals surface area contributed by atoms with E-state index in [2.05, 4.69) is 0 Å². The van der Waals surface area contributed by atoms with Gasteiger partial charge in [-0.05, 0) is 31.4 Å². The van der Waals surface area contributed by atoms with Gasteiger partial charge >= 0.3 is 0 Å². The molecular formula is C17H23NO4. The van der Waals surface area contributed by atoms with Crippen molar-refractivity contribution in [2.75, 3.05) is 26.3 Å². The molecule has 5 nitrogen and oxygen atoms in total. The Labute approximate surface area is 130 Å². The van der Waals surface area contributed by atoms with Crippen LogP contribution in [-0.4, -0.2) is 53.9 Å². The van der Waals surface area contributed by atoms with Crippen LogP contribution in [0, 0.1) is 0 Å². The van der Waals surface area contributed by atoms with Crippen molar-refractivity contribution in [2.24, 2.45) is 0 Å². The molecule has 1 aromatic rings. The summed E-state index contributed by atoms with van der Waals surface area (Å²) in [6.07, 6.45) is 2.36. The number of aliphatic hydroxyl groups is 1. The number of carbonyl (C=O) groups is 1. The first-order valence-corrected chi connectivity index (χ1v) is 7.97. The van der Waals surface area contributed by atoms with Crippen LogP contribution in [0.5, 0.6) is 5.75 Å². The van der Waals surface area contributed by atoms with Gasteiger partial charge in [0.05, 0.1) is 18.6 Å². The first-order valence-electron chi connectivity index (χ1n) is 7.97. The summed E-state index contributed by atoms with van der Waals surface area (Å²) >= 11 is 0. The maximum atomic E-state index is 12.2. The first kappa shape index (κ1) is 15.3. The van der Waals surface area contributed by atoms with E-state index < -0.39 is 11.7 Å². The lowest BCUT2D eigenvalue weighted by molar-refractivity contribution is -0.152. The van der Waals surface area contributed by atoms with Gasteiger partial charge in [-0.15, -0.1) is 0 Å². The number of nitrogens with zero attached hydrogens (tertiary/aromatic N) is 1. The molecule has 1 spiro atoms. The van der Waals surface area contributed by atoms with Gasteiger partial charge in [0, 0.05) is 19.7 Å². The number of aliphatic hydroxyl groups excluding tert-OH is 1. The van der Waals surface area contributed by atoms with Crippen LogP contribution >= 0.6 is 0 Å². The van der Waals surface area contributed by atoms with Crippen molar-refractivity contribution < 1.29 is 19.4 Å². The molecule has 2 aliphatic rings. The maximum Gasteiger partial charge on any atom is 0.226 e. The smallest absolute Gasteiger partial charge is 0.226 e.